The normalized spacial score (nSPS) is 26.3. The summed E-state index contributed by atoms with van der Waals surface area (Å²) in [5.74, 6) is 7.64. The molecule has 11 nitrogen and oxygen atoms in total. The van der Waals surface area contributed by atoms with Crippen molar-refractivity contribution in [1.29, 1.82) is 0 Å². The van der Waals surface area contributed by atoms with E-state index in [1.165, 1.54) is 12.7 Å². The Morgan fingerprint density at radius 3 is 2.51 bits per heavy atom. The molecule has 8 N–H and O–H groups in total. The number of aliphatic hydroxyl groups excluding tert-OH is 3. The third-order valence-electron chi connectivity index (χ3n) is 17.8. The molecule has 4 aliphatic rings. The van der Waals surface area contributed by atoms with E-state index in [0.717, 1.165) is 93.5 Å². The average molecular weight is 1070 g/mol. The summed E-state index contributed by atoms with van der Waals surface area (Å²) in [7, 11) is 1.53. The van der Waals surface area contributed by atoms with Crippen molar-refractivity contribution in [3.05, 3.63) is 148 Å². The summed E-state index contributed by atoms with van der Waals surface area (Å²) in [6, 6.07) is 27.0. The smallest absolute Gasteiger partial charge is 0.160 e. The highest BCUT2D eigenvalue weighted by Gasteiger charge is 2.43. The summed E-state index contributed by atoms with van der Waals surface area (Å²) in [6.45, 7) is 10.6. The number of phenols is 1. The third kappa shape index (κ3) is 14.4. The number of aromatic nitrogens is 1. The summed E-state index contributed by atoms with van der Waals surface area (Å²) in [5, 5.41) is 59.0. The number of hydrogen-bond donors (Lipinski definition) is 8. The predicted molar refractivity (Wildman–Crippen MR) is 316 cm³/mol. The number of anilines is 1. The number of nitrogens with one attached hydrogen (secondary N) is 4. The van der Waals surface area contributed by atoms with Crippen LogP contribution < -0.4 is 20.7 Å². The maximum atomic E-state index is 15.3. The SMILES string of the molecule is CCC[C@@H]1[C@H]2C[C@H](C[C@@H]3C#C[C@@H](c4ccccc4CCC(C)C)c4cc(O)c(OC)cc4CCC(=O)CC(=O)[C@H]3C2)[C@H](CCCO)C2=CCNC(=C2)Nc2ccc3ccc(cc3c2)C[C@@H](O)CNC[C@@H](C)c2c[nH]c(c2)C[C@@H]1O. The van der Waals surface area contributed by atoms with Gasteiger partial charge < -0.3 is 46.1 Å². The molecule has 10 atom stereocenters. The molecule has 2 aliphatic heterocycles. The molecule has 420 valence electrons. The number of aryl methyl sites for hydroxylation is 2. The van der Waals surface area contributed by atoms with Gasteiger partial charge in [-0.1, -0.05) is 101 Å². The summed E-state index contributed by atoms with van der Waals surface area (Å²) in [6.07, 6.45) is 13.1. The fraction of sp³-hybridized carbons (Fsp3) is 0.500. The average Bonchev–Trinajstić information content (AvgIpc) is 3.89. The lowest BCUT2D eigenvalue weighted by atomic mass is 9.71. The Bertz CT molecular complexity index is 3030. The van der Waals surface area contributed by atoms with Gasteiger partial charge in [-0.05, 0) is 186 Å². The van der Waals surface area contributed by atoms with Crippen molar-refractivity contribution >= 4 is 28.0 Å². The molecule has 0 radical (unpaired) electrons. The molecule has 9 rings (SSSR count). The van der Waals surface area contributed by atoms with Gasteiger partial charge in [0.25, 0.3) is 0 Å². The molecule has 4 aromatic carbocycles. The molecule has 0 spiro atoms. The quantitative estimate of drug-likeness (QED) is 0.0496. The van der Waals surface area contributed by atoms with Crippen LogP contribution in [-0.4, -0.2) is 82.5 Å². The molecule has 0 amide bonds. The second kappa shape index (κ2) is 26.9. The number of β-amino-alcohol motifs (C(OH)–C–C–N with tert-alkyl or cyclic N) is 1. The second-order valence-electron chi connectivity index (χ2n) is 23.9. The first-order valence-electron chi connectivity index (χ1n) is 29.6. The van der Waals surface area contributed by atoms with Gasteiger partial charge in [-0.15, -0.1) is 0 Å². The van der Waals surface area contributed by atoms with Gasteiger partial charge in [0.15, 0.2) is 11.5 Å². The molecule has 0 saturated heterocycles. The molecule has 2 aliphatic carbocycles. The fourth-order valence-electron chi connectivity index (χ4n) is 13.5. The van der Waals surface area contributed by atoms with E-state index >= 15 is 4.79 Å². The van der Waals surface area contributed by atoms with Gasteiger partial charge in [-0.2, -0.15) is 0 Å². The minimum atomic E-state index is -0.714. The van der Waals surface area contributed by atoms with Gasteiger partial charge >= 0.3 is 0 Å². The number of ether oxygens (including phenoxy) is 1. The minimum absolute atomic E-state index is 0.00241. The number of hydrogen-bond acceptors (Lipinski definition) is 10. The lowest BCUT2D eigenvalue weighted by molar-refractivity contribution is -0.130. The Hall–Kier alpha value is -6.16. The molecule has 3 heterocycles. The Kier molecular flexibility index (Phi) is 19.6. The number of carbonyl (C=O) groups excluding carboxylic acids is 2. The Labute approximate surface area is 469 Å². The minimum Gasteiger partial charge on any atom is -0.504 e. The molecule has 0 unspecified atom stereocenters. The predicted octanol–water partition coefficient (Wildman–Crippen LogP) is 11.2. The number of aromatic amines is 1. The molecule has 1 saturated carbocycles. The van der Waals surface area contributed by atoms with E-state index in [4.69, 9.17) is 4.74 Å². The first-order valence-corrected chi connectivity index (χ1v) is 29.6. The van der Waals surface area contributed by atoms with E-state index in [0.29, 0.717) is 76.2 Å². The van der Waals surface area contributed by atoms with Crippen LogP contribution in [0, 0.1) is 53.3 Å². The van der Waals surface area contributed by atoms with Crippen molar-refractivity contribution in [1.82, 2.24) is 15.6 Å². The molecule has 5 aromatic rings. The Morgan fingerprint density at radius 2 is 1.70 bits per heavy atom. The Balaban J connectivity index is 1.19. The van der Waals surface area contributed by atoms with Crippen LogP contribution in [0.1, 0.15) is 143 Å². The lowest BCUT2D eigenvalue weighted by Gasteiger charge is -2.36. The van der Waals surface area contributed by atoms with E-state index in [1.54, 1.807) is 6.07 Å². The van der Waals surface area contributed by atoms with Crippen molar-refractivity contribution < 1.29 is 34.8 Å². The van der Waals surface area contributed by atoms with Crippen LogP contribution in [-0.2, 0) is 35.3 Å². The van der Waals surface area contributed by atoms with Crippen molar-refractivity contribution in [3.63, 3.8) is 0 Å². The van der Waals surface area contributed by atoms with Crippen LogP contribution >= 0.6 is 0 Å². The number of carbonyl (C=O) groups is 2. The van der Waals surface area contributed by atoms with Crippen molar-refractivity contribution in [2.45, 2.75) is 142 Å². The van der Waals surface area contributed by atoms with Gasteiger partial charge in [-0.3, -0.25) is 9.59 Å². The highest BCUT2D eigenvalue weighted by Crippen LogP contribution is 2.48. The number of ketones is 2. The number of H-pyrrole nitrogens is 1. The molecule has 9 bridgehead atoms. The van der Waals surface area contributed by atoms with E-state index in [1.807, 2.05) is 12.3 Å². The number of allylic oxidation sites excluding steroid dienone is 2. The van der Waals surface area contributed by atoms with Crippen LogP contribution in [0.15, 0.2) is 109 Å². The zero-order valence-corrected chi connectivity index (χ0v) is 47.3. The van der Waals surface area contributed by atoms with Crippen LogP contribution in [0.2, 0.25) is 0 Å². The summed E-state index contributed by atoms with van der Waals surface area (Å²) >= 11 is 0. The summed E-state index contributed by atoms with van der Waals surface area (Å²) in [5.41, 5.74) is 9.19. The summed E-state index contributed by atoms with van der Waals surface area (Å²) in [4.78, 5) is 33.1. The maximum Gasteiger partial charge on any atom is 0.160 e. The van der Waals surface area contributed by atoms with Crippen molar-refractivity contribution in [2.75, 3.05) is 38.7 Å². The maximum absolute atomic E-state index is 15.3. The van der Waals surface area contributed by atoms with E-state index < -0.39 is 30.0 Å². The molecule has 1 aromatic heterocycles. The van der Waals surface area contributed by atoms with E-state index in [-0.39, 0.29) is 66.4 Å². The molecular formula is C68H86N4O7. The van der Waals surface area contributed by atoms with Crippen LogP contribution in [0.3, 0.4) is 0 Å². The Morgan fingerprint density at radius 1 is 0.861 bits per heavy atom. The van der Waals surface area contributed by atoms with Gasteiger partial charge in [0.05, 0.1) is 31.7 Å². The van der Waals surface area contributed by atoms with Crippen molar-refractivity contribution in [3.8, 4) is 23.3 Å². The van der Waals surface area contributed by atoms with Crippen molar-refractivity contribution in [2.24, 2.45) is 41.4 Å². The standard InChI is InChI=1S/C68H86N4O7/c1-6-10-60-52-30-51(29-47-20-23-61(59-12-8-7-11-46(59)16-14-42(2)3)62-38-66(78)67(79-5)34-48(62)19-22-56(74)37-65(77)63(47)33-52)58(13-9-26-73)49-24-25-70-68(35-49)72-54-21-18-45-17-15-44(27-50(45)31-54)28-57(75)41-69-39-43(4)53-32-55(71-40-53)36-64(60)76/h7-8,11-12,15,17-18,21,24,27,31-32,34-35,38,40,42-43,47,51-52,57-58,60-61,63-64,69-73,75-76,78H,6,9-10,13-14,16,19,22,25-26,28-30,33,36-37,39,41H2,1-5H3/t43-,47+,51+,52+,57-,58-,60-,61+,63+,64+/m1/s1. The molecular weight excluding hydrogens is 985 g/mol. The number of aromatic hydroxyl groups is 1. The third-order valence-corrected chi connectivity index (χ3v) is 17.8. The number of benzene rings is 4. The molecule has 79 heavy (non-hydrogen) atoms. The van der Waals surface area contributed by atoms with Gasteiger partial charge in [0, 0.05) is 68.5 Å². The number of rotatable bonds is 10. The van der Waals surface area contributed by atoms with Crippen LogP contribution in [0.5, 0.6) is 11.5 Å². The fourth-order valence-corrected chi connectivity index (χ4v) is 13.5. The van der Waals surface area contributed by atoms with Gasteiger partial charge in [0.1, 0.15) is 17.4 Å². The second-order valence-corrected chi connectivity index (χ2v) is 23.9. The largest absolute Gasteiger partial charge is 0.504 e. The zero-order chi connectivity index (χ0) is 55.6. The highest BCUT2D eigenvalue weighted by atomic mass is 16.5. The van der Waals surface area contributed by atoms with Gasteiger partial charge in [-0.25, -0.2) is 0 Å². The molecule has 11 heteroatoms. The molecule has 1 fully saturated rings. The monoisotopic (exact) mass is 1070 g/mol. The lowest BCUT2D eigenvalue weighted by Crippen LogP contribution is -2.34. The zero-order valence-electron chi connectivity index (χ0n) is 47.3. The first kappa shape index (κ1) is 57.5. The highest BCUT2D eigenvalue weighted by molar-refractivity contribution is 6.00. The number of methoxy groups -OCH3 is 1. The van der Waals surface area contributed by atoms with Gasteiger partial charge in [0.2, 0.25) is 0 Å². The van der Waals surface area contributed by atoms with E-state index in [9.17, 15) is 25.2 Å². The summed E-state index contributed by atoms with van der Waals surface area (Å²) < 4.78 is 5.65. The van der Waals surface area contributed by atoms with Crippen LogP contribution in [0.4, 0.5) is 5.69 Å². The number of Topliss-reactive ketones (excluding diaryl/α,β-unsaturated/α-hetero) is 2. The van der Waals surface area contributed by atoms with Crippen LogP contribution in [0.25, 0.3) is 10.8 Å². The van der Waals surface area contributed by atoms with E-state index in [2.05, 4.69) is 139 Å². The number of dihydropyridines is 1. The number of fused-ring (bicyclic) bond motifs is 9. The topological polar surface area (TPSA) is 176 Å². The first-order chi connectivity index (χ1) is 38.3. The number of phenolic OH excluding ortho intramolecular Hbond substituents is 1. The number of aliphatic hydroxyl groups is 3.